The Morgan fingerprint density at radius 2 is 1.92 bits per heavy atom. The predicted molar refractivity (Wildman–Crippen MR) is 99.7 cm³/mol. The quantitative estimate of drug-likeness (QED) is 0.918. The molecular formula is C19H25N5O2. The summed E-state index contributed by atoms with van der Waals surface area (Å²) in [7, 11) is 1.82. The highest BCUT2D eigenvalue weighted by Crippen LogP contribution is 2.18. The zero-order valence-corrected chi connectivity index (χ0v) is 15.7. The van der Waals surface area contributed by atoms with Crippen molar-refractivity contribution in [2.45, 2.75) is 33.4 Å². The lowest BCUT2D eigenvalue weighted by Crippen LogP contribution is -2.58. The number of nitrogens with one attached hydrogen (secondary N) is 1. The van der Waals surface area contributed by atoms with Crippen molar-refractivity contribution in [3.05, 3.63) is 47.3 Å². The number of benzene rings is 1. The Hall–Kier alpha value is -2.83. The summed E-state index contributed by atoms with van der Waals surface area (Å²) in [5, 5.41) is 6.98. The lowest BCUT2D eigenvalue weighted by molar-refractivity contribution is -0.139. The van der Waals surface area contributed by atoms with Gasteiger partial charge in [-0.25, -0.2) is 4.79 Å². The highest BCUT2D eigenvalue weighted by atomic mass is 16.2. The maximum Gasteiger partial charge on any atom is 0.322 e. The van der Waals surface area contributed by atoms with Gasteiger partial charge in [-0.15, -0.1) is 0 Å². The number of rotatable bonds is 3. The van der Waals surface area contributed by atoms with Crippen molar-refractivity contribution in [2.75, 3.05) is 18.4 Å². The molecule has 2 aromatic rings. The lowest BCUT2D eigenvalue weighted by Gasteiger charge is -2.39. The highest BCUT2D eigenvalue weighted by Gasteiger charge is 2.34. The molecule has 3 rings (SSSR count). The third-order valence-electron chi connectivity index (χ3n) is 4.98. The first-order chi connectivity index (χ1) is 12.4. The Balaban J connectivity index is 1.64. The average Bonchev–Trinajstić information content (AvgIpc) is 2.93. The van der Waals surface area contributed by atoms with Crippen molar-refractivity contribution < 1.29 is 9.59 Å². The van der Waals surface area contributed by atoms with E-state index in [1.54, 1.807) is 22.7 Å². The number of nitrogens with zero attached hydrogens (tertiary/aromatic N) is 4. The third kappa shape index (κ3) is 3.56. The number of anilines is 1. The van der Waals surface area contributed by atoms with E-state index in [-0.39, 0.29) is 11.9 Å². The van der Waals surface area contributed by atoms with E-state index in [1.165, 1.54) is 5.56 Å². The van der Waals surface area contributed by atoms with Crippen LogP contribution in [0.25, 0.3) is 0 Å². The number of hydrogen-bond donors (Lipinski definition) is 1. The zero-order chi connectivity index (χ0) is 18.8. The number of carbonyl (C=O) groups excluding carboxylic acids is 2. The first kappa shape index (κ1) is 18.0. The predicted octanol–water partition coefficient (Wildman–Crippen LogP) is 2.30. The number of hydrogen-bond acceptors (Lipinski definition) is 3. The average molecular weight is 355 g/mol. The molecule has 1 aliphatic heterocycles. The Morgan fingerprint density at radius 1 is 1.23 bits per heavy atom. The smallest absolute Gasteiger partial charge is 0.322 e. The van der Waals surface area contributed by atoms with Crippen LogP contribution in [-0.2, 0) is 18.4 Å². The maximum absolute atomic E-state index is 12.7. The summed E-state index contributed by atoms with van der Waals surface area (Å²) in [4.78, 5) is 28.7. The number of urea groups is 1. The number of amides is 3. The summed E-state index contributed by atoms with van der Waals surface area (Å²) in [5.74, 6) is -0.0325. The molecule has 7 nitrogen and oxygen atoms in total. The minimum atomic E-state index is -0.494. The molecule has 3 amide bonds. The van der Waals surface area contributed by atoms with Gasteiger partial charge in [0, 0.05) is 26.7 Å². The van der Waals surface area contributed by atoms with E-state index < -0.39 is 6.04 Å². The third-order valence-corrected chi connectivity index (χ3v) is 4.98. The molecule has 26 heavy (non-hydrogen) atoms. The van der Waals surface area contributed by atoms with Crippen LogP contribution in [0.3, 0.4) is 0 Å². The van der Waals surface area contributed by atoms with Crippen LogP contribution in [0.4, 0.5) is 10.5 Å². The monoisotopic (exact) mass is 355 g/mol. The van der Waals surface area contributed by atoms with E-state index in [9.17, 15) is 9.59 Å². The molecule has 0 radical (unpaired) electrons. The van der Waals surface area contributed by atoms with E-state index in [4.69, 9.17) is 0 Å². The van der Waals surface area contributed by atoms with E-state index in [1.807, 2.05) is 50.1 Å². The van der Waals surface area contributed by atoms with Crippen molar-refractivity contribution in [1.29, 1.82) is 0 Å². The van der Waals surface area contributed by atoms with Gasteiger partial charge in [0.15, 0.2) is 0 Å². The van der Waals surface area contributed by atoms with Gasteiger partial charge in [-0.05, 0) is 26.3 Å². The summed E-state index contributed by atoms with van der Waals surface area (Å²) in [6, 6.07) is 7.41. The van der Waals surface area contributed by atoms with E-state index in [0.29, 0.717) is 25.3 Å². The fourth-order valence-corrected chi connectivity index (χ4v) is 3.09. The number of aryl methyl sites for hydroxylation is 2. The van der Waals surface area contributed by atoms with Crippen LogP contribution < -0.4 is 5.32 Å². The first-order valence-electron chi connectivity index (χ1n) is 8.77. The number of piperazine rings is 1. The second kappa shape index (κ2) is 7.19. The van der Waals surface area contributed by atoms with Crippen LogP contribution in [0, 0.1) is 13.8 Å². The van der Waals surface area contributed by atoms with Gasteiger partial charge in [-0.3, -0.25) is 9.48 Å². The first-order valence-corrected chi connectivity index (χ1v) is 8.77. The van der Waals surface area contributed by atoms with Gasteiger partial charge in [0.2, 0.25) is 5.91 Å². The van der Waals surface area contributed by atoms with Crippen LogP contribution in [0.1, 0.15) is 23.7 Å². The largest absolute Gasteiger partial charge is 0.335 e. The molecule has 7 heteroatoms. The fraction of sp³-hybridized carbons (Fsp3) is 0.421. The summed E-state index contributed by atoms with van der Waals surface area (Å²) in [6.07, 6.45) is 1.62. The molecular weight excluding hydrogens is 330 g/mol. The van der Waals surface area contributed by atoms with E-state index >= 15 is 0 Å². The number of aromatic nitrogens is 2. The molecule has 0 saturated carbocycles. The fourth-order valence-electron chi connectivity index (χ4n) is 3.09. The molecule has 2 heterocycles. The zero-order valence-electron chi connectivity index (χ0n) is 15.7. The molecule has 0 aliphatic carbocycles. The second-order valence-corrected chi connectivity index (χ2v) is 6.81. The van der Waals surface area contributed by atoms with E-state index in [0.717, 1.165) is 11.3 Å². The summed E-state index contributed by atoms with van der Waals surface area (Å²) < 4.78 is 1.70. The standard InChI is InChI=1S/C19H25N5O2/c1-13-5-7-16(8-6-13)12-23-9-10-24(15(3)18(23)25)19(26)21-17-11-20-22(4)14(17)2/h5-8,11,15H,9-10,12H2,1-4H3,(H,21,26)/t15-/m1/s1. The maximum atomic E-state index is 12.7. The van der Waals surface area contributed by atoms with Gasteiger partial charge in [0.05, 0.1) is 17.6 Å². The van der Waals surface area contributed by atoms with Gasteiger partial charge in [-0.2, -0.15) is 5.10 Å². The van der Waals surface area contributed by atoms with Gasteiger partial charge >= 0.3 is 6.03 Å². The minimum Gasteiger partial charge on any atom is -0.335 e. The Labute approximate surface area is 153 Å². The highest BCUT2D eigenvalue weighted by molar-refractivity contribution is 5.94. The summed E-state index contributed by atoms with van der Waals surface area (Å²) in [6.45, 7) is 7.30. The molecule has 1 fully saturated rings. The second-order valence-electron chi connectivity index (χ2n) is 6.81. The van der Waals surface area contributed by atoms with Gasteiger partial charge < -0.3 is 15.1 Å². The molecule has 1 N–H and O–H groups in total. The molecule has 0 spiro atoms. The van der Waals surface area contributed by atoms with Crippen LogP contribution in [0.2, 0.25) is 0 Å². The van der Waals surface area contributed by atoms with Crippen molar-refractivity contribution >= 4 is 17.6 Å². The molecule has 1 atom stereocenters. The van der Waals surface area contributed by atoms with Gasteiger partial charge in [-0.1, -0.05) is 29.8 Å². The van der Waals surface area contributed by atoms with Gasteiger partial charge in [0.25, 0.3) is 0 Å². The molecule has 1 saturated heterocycles. The van der Waals surface area contributed by atoms with E-state index in [2.05, 4.69) is 10.4 Å². The summed E-state index contributed by atoms with van der Waals surface area (Å²) in [5.41, 5.74) is 3.83. The van der Waals surface area contributed by atoms with Crippen LogP contribution >= 0.6 is 0 Å². The Kier molecular flexibility index (Phi) is 4.97. The molecule has 0 unspecified atom stereocenters. The SMILES string of the molecule is Cc1ccc(CN2CCN(C(=O)Nc3cnn(C)c3C)[C@H](C)C2=O)cc1. The van der Waals surface area contributed by atoms with Crippen molar-refractivity contribution in [2.24, 2.45) is 7.05 Å². The van der Waals surface area contributed by atoms with Crippen molar-refractivity contribution in [3.63, 3.8) is 0 Å². The van der Waals surface area contributed by atoms with Crippen molar-refractivity contribution in [1.82, 2.24) is 19.6 Å². The van der Waals surface area contributed by atoms with Crippen LogP contribution in [0.15, 0.2) is 30.5 Å². The van der Waals surface area contributed by atoms with Crippen LogP contribution in [-0.4, -0.2) is 50.6 Å². The normalized spacial score (nSPS) is 17.5. The molecule has 1 aromatic heterocycles. The molecule has 1 aliphatic rings. The number of carbonyl (C=O) groups is 2. The Bertz CT molecular complexity index is 812. The Morgan fingerprint density at radius 3 is 2.54 bits per heavy atom. The van der Waals surface area contributed by atoms with Gasteiger partial charge in [0.1, 0.15) is 6.04 Å². The van der Waals surface area contributed by atoms with Crippen LogP contribution in [0.5, 0.6) is 0 Å². The lowest BCUT2D eigenvalue weighted by atomic mass is 10.1. The molecule has 1 aromatic carbocycles. The van der Waals surface area contributed by atoms with Crippen molar-refractivity contribution in [3.8, 4) is 0 Å². The molecule has 0 bridgehead atoms. The topological polar surface area (TPSA) is 70.5 Å². The molecule has 138 valence electrons. The summed E-state index contributed by atoms with van der Waals surface area (Å²) >= 11 is 0. The minimum absolute atomic E-state index is 0.0325.